The molecule has 0 unspecified atom stereocenters. The molecule has 0 bridgehead atoms. The van der Waals surface area contributed by atoms with Gasteiger partial charge in [-0.05, 0) is 50.1 Å². The third kappa shape index (κ3) is 5.21. The lowest BCUT2D eigenvalue weighted by Gasteiger charge is -2.18. The zero-order valence-corrected chi connectivity index (χ0v) is 13.6. The molecule has 0 saturated heterocycles. The van der Waals surface area contributed by atoms with Gasteiger partial charge in [0.15, 0.2) is 5.82 Å². The van der Waals surface area contributed by atoms with Gasteiger partial charge in [-0.15, -0.1) is 0 Å². The van der Waals surface area contributed by atoms with Gasteiger partial charge < -0.3 is 9.30 Å². The van der Waals surface area contributed by atoms with E-state index in [0.717, 1.165) is 6.07 Å². The predicted molar refractivity (Wildman–Crippen MR) is 82.6 cm³/mol. The first-order valence-electron chi connectivity index (χ1n) is 6.80. The van der Waals surface area contributed by atoms with Gasteiger partial charge in [-0.3, -0.25) is 5.32 Å². The number of halogens is 3. The van der Waals surface area contributed by atoms with Gasteiger partial charge in [-0.25, -0.2) is 18.6 Å². The maximum Gasteiger partial charge on any atom is 0.413 e. The highest BCUT2D eigenvalue weighted by molar-refractivity contribution is 6.28. The number of carbonyl (C=O) groups is 1. The molecule has 1 aromatic carbocycles. The average Bonchev–Trinajstić information content (AvgIpc) is 2.65. The summed E-state index contributed by atoms with van der Waals surface area (Å²) in [5, 5.41) is 2.51. The van der Waals surface area contributed by atoms with E-state index < -0.39 is 23.3 Å². The number of nitrogens with zero attached hydrogens (tertiary/aromatic N) is 2. The molecule has 0 fully saturated rings. The standard InChI is InChI=1S/C15H16ClF2N3O2/c1-15(2,3)23-14(22)20-12-8-21(13(16)19-12)7-9-4-10(17)6-11(18)5-9/h4-6,8H,7H2,1-3H3,(H,20,22). The summed E-state index contributed by atoms with van der Waals surface area (Å²) < 4.78 is 32.9. The molecule has 124 valence electrons. The lowest BCUT2D eigenvalue weighted by atomic mass is 10.2. The molecule has 0 aliphatic rings. The minimum Gasteiger partial charge on any atom is -0.444 e. The van der Waals surface area contributed by atoms with Gasteiger partial charge in [0.1, 0.15) is 17.2 Å². The highest BCUT2D eigenvalue weighted by atomic mass is 35.5. The quantitative estimate of drug-likeness (QED) is 0.908. The minimum atomic E-state index is -0.677. The molecule has 1 heterocycles. The first-order valence-corrected chi connectivity index (χ1v) is 7.18. The fourth-order valence-corrected chi connectivity index (χ4v) is 2.07. The second kappa shape index (κ2) is 6.54. The van der Waals surface area contributed by atoms with Crippen molar-refractivity contribution in [3.8, 4) is 0 Å². The topological polar surface area (TPSA) is 56.1 Å². The number of carbonyl (C=O) groups excluding carboxylic acids is 1. The third-order valence-electron chi connectivity index (χ3n) is 2.63. The van der Waals surface area contributed by atoms with E-state index in [1.165, 1.54) is 22.9 Å². The van der Waals surface area contributed by atoms with Crippen LogP contribution in [-0.4, -0.2) is 21.2 Å². The number of benzene rings is 1. The van der Waals surface area contributed by atoms with Gasteiger partial charge in [-0.1, -0.05) is 0 Å². The van der Waals surface area contributed by atoms with Crippen molar-refractivity contribution in [3.63, 3.8) is 0 Å². The monoisotopic (exact) mass is 343 g/mol. The van der Waals surface area contributed by atoms with Crippen LogP contribution in [0.1, 0.15) is 26.3 Å². The maximum atomic E-state index is 13.2. The highest BCUT2D eigenvalue weighted by Gasteiger charge is 2.17. The number of amides is 1. The normalized spacial score (nSPS) is 11.4. The van der Waals surface area contributed by atoms with Crippen LogP contribution in [0.2, 0.25) is 5.28 Å². The summed E-state index contributed by atoms with van der Waals surface area (Å²) in [5.41, 5.74) is -0.263. The summed E-state index contributed by atoms with van der Waals surface area (Å²) in [6.45, 7) is 5.31. The van der Waals surface area contributed by atoms with E-state index >= 15 is 0 Å². The Bertz CT molecular complexity index is 706. The summed E-state index contributed by atoms with van der Waals surface area (Å²) >= 11 is 5.96. The summed E-state index contributed by atoms with van der Waals surface area (Å²) in [5.74, 6) is -1.17. The van der Waals surface area contributed by atoms with Crippen LogP contribution in [0.4, 0.5) is 19.4 Å². The number of nitrogens with one attached hydrogen (secondary N) is 1. The molecule has 0 atom stereocenters. The third-order valence-corrected chi connectivity index (χ3v) is 2.93. The van der Waals surface area contributed by atoms with Crippen molar-refractivity contribution in [1.29, 1.82) is 0 Å². The number of ether oxygens (including phenoxy) is 1. The molecule has 5 nitrogen and oxygen atoms in total. The Labute approximate surface area is 137 Å². The largest absolute Gasteiger partial charge is 0.444 e. The van der Waals surface area contributed by atoms with E-state index in [1.54, 1.807) is 20.8 Å². The molecule has 0 aliphatic heterocycles. The van der Waals surface area contributed by atoms with Crippen LogP contribution < -0.4 is 5.32 Å². The fraction of sp³-hybridized carbons (Fsp3) is 0.333. The van der Waals surface area contributed by atoms with Crippen molar-refractivity contribution >= 4 is 23.5 Å². The van der Waals surface area contributed by atoms with Crippen LogP contribution in [0, 0.1) is 11.6 Å². The van der Waals surface area contributed by atoms with E-state index in [9.17, 15) is 13.6 Å². The first kappa shape index (κ1) is 17.2. The van der Waals surface area contributed by atoms with Gasteiger partial charge in [0.25, 0.3) is 0 Å². The van der Waals surface area contributed by atoms with E-state index in [-0.39, 0.29) is 17.6 Å². The van der Waals surface area contributed by atoms with Crippen molar-refractivity contribution in [2.75, 3.05) is 5.32 Å². The molecule has 1 amide bonds. The smallest absolute Gasteiger partial charge is 0.413 e. The van der Waals surface area contributed by atoms with Gasteiger partial charge in [0.2, 0.25) is 5.28 Å². The van der Waals surface area contributed by atoms with Crippen LogP contribution in [0.25, 0.3) is 0 Å². The average molecular weight is 344 g/mol. The van der Waals surface area contributed by atoms with Crippen molar-refractivity contribution in [3.05, 3.63) is 46.9 Å². The van der Waals surface area contributed by atoms with Crippen LogP contribution in [0.5, 0.6) is 0 Å². The summed E-state index contributed by atoms with van der Waals surface area (Å²) in [6, 6.07) is 3.18. The van der Waals surface area contributed by atoms with Gasteiger partial charge in [0.05, 0.1) is 6.54 Å². The Morgan fingerprint density at radius 2 is 1.91 bits per heavy atom. The lowest BCUT2D eigenvalue weighted by molar-refractivity contribution is 0.0635. The number of hydrogen-bond acceptors (Lipinski definition) is 3. The number of aromatic nitrogens is 2. The highest BCUT2D eigenvalue weighted by Crippen LogP contribution is 2.18. The SMILES string of the molecule is CC(C)(C)OC(=O)Nc1cn(Cc2cc(F)cc(F)c2)c(Cl)n1. The molecule has 0 spiro atoms. The number of imidazole rings is 1. The van der Waals surface area contributed by atoms with E-state index in [1.807, 2.05) is 0 Å². The Morgan fingerprint density at radius 1 is 1.30 bits per heavy atom. The number of hydrogen-bond donors (Lipinski definition) is 1. The number of rotatable bonds is 3. The van der Waals surface area contributed by atoms with E-state index in [4.69, 9.17) is 16.3 Å². The Morgan fingerprint density at radius 3 is 2.48 bits per heavy atom. The maximum absolute atomic E-state index is 13.2. The second-order valence-corrected chi connectivity index (χ2v) is 6.27. The predicted octanol–water partition coefficient (Wildman–Crippen LogP) is 4.21. The van der Waals surface area contributed by atoms with Crippen LogP contribution in [-0.2, 0) is 11.3 Å². The summed E-state index contributed by atoms with van der Waals surface area (Å²) in [6.07, 6.45) is 0.783. The van der Waals surface area contributed by atoms with E-state index in [2.05, 4.69) is 10.3 Å². The molecule has 0 aliphatic carbocycles. The van der Waals surface area contributed by atoms with Crippen molar-refractivity contribution < 1.29 is 18.3 Å². The second-order valence-electron chi connectivity index (χ2n) is 5.93. The zero-order valence-electron chi connectivity index (χ0n) is 12.9. The fourth-order valence-electron chi connectivity index (χ4n) is 1.87. The van der Waals surface area contributed by atoms with Gasteiger partial charge >= 0.3 is 6.09 Å². The molecular weight excluding hydrogens is 328 g/mol. The van der Waals surface area contributed by atoms with Gasteiger partial charge in [0, 0.05) is 12.3 Å². The molecule has 8 heteroatoms. The van der Waals surface area contributed by atoms with Gasteiger partial charge in [-0.2, -0.15) is 0 Å². The molecule has 1 aromatic heterocycles. The number of anilines is 1. The van der Waals surface area contributed by atoms with Crippen molar-refractivity contribution in [2.45, 2.75) is 32.9 Å². The summed E-state index contributed by atoms with van der Waals surface area (Å²) in [7, 11) is 0. The molecular formula is C15H16ClF2N3O2. The molecule has 0 radical (unpaired) electrons. The Hall–Kier alpha value is -2.15. The first-order chi connectivity index (χ1) is 10.6. The molecule has 0 saturated carbocycles. The van der Waals surface area contributed by atoms with Crippen LogP contribution in [0.3, 0.4) is 0 Å². The van der Waals surface area contributed by atoms with E-state index in [0.29, 0.717) is 5.56 Å². The summed E-state index contributed by atoms with van der Waals surface area (Å²) in [4.78, 5) is 15.6. The molecule has 23 heavy (non-hydrogen) atoms. The minimum absolute atomic E-state index is 0.0701. The molecule has 2 aromatic rings. The molecule has 2 rings (SSSR count). The van der Waals surface area contributed by atoms with Crippen molar-refractivity contribution in [2.24, 2.45) is 0 Å². The van der Waals surface area contributed by atoms with Crippen LogP contribution in [0.15, 0.2) is 24.4 Å². The van der Waals surface area contributed by atoms with Crippen LogP contribution >= 0.6 is 11.6 Å². The Balaban J connectivity index is 2.10. The zero-order chi connectivity index (χ0) is 17.2. The Kier molecular flexibility index (Phi) is 4.89. The molecule has 1 N–H and O–H groups in total. The lowest BCUT2D eigenvalue weighted by Crippen LogP contribution is -2.27. The van der Waals surface area contributed by atoms with Crippen molar-refractivity contribution in [1.82, 2.24) is 9.55 Å².